The Morgan fingerprint density at radius 2 is 1.56 bits per heavy atom. The lowest BCUT2D eigenvalue weighted by Gasteiger charge is -2.36. The number of hydrogen-bond donors (Lipinski definition) is 2. The minimum atomic E-state index is -3.67. The summed E-state index contributed by atoms with van der Waals surface area (Å²) in [7, 11) is -3.67. The van der Waals surface area contributed by atoms with Crippen molar-refractivity contribution in [3.05, 3.63) is 95.1 Å². The molecular weight excluding hydrogens is 564 g/mol. The SMILES string of the molecule is CC(C)CCc1cc(-c2ccc(CCOC(=O)N(C[C@H](O)c3ccccc3)C(C)(C)C)cc2)ccc1C(=O)NS(C)(=O)=O. The molecule has 0 aliphatic heterocycles. The highest BCUT2D eigenvalue weighted by molar-refractivity contribution is 7.89. The number of amides is 2. The van der Waals surface area contributed by atoms with Crippen LogP contribution < -0.4 is 4.72 Å². The Morgan fingerprint density at radius 3 is 2.14 bits per heavy atom. The molecule has 2 N–H and O–H groups in total. The van der Waals surface area contributed by atoms with Crippen LogP contribution in [0.4, 0.5) is 4.79 Å². The van der Waals surface area contributed by atoms with Crippen LogP contribution in [0.25, 0.3) is 11.1 Å². The van der Waals surface area contributed by atoms with Crippen LogP contribution in [0, 0.1) is 5.92 Å². The number of nitrogens with zero attached hydrogens (tertiary/aromatic N) is 1. The first-order valence-corrected chi connectivity index (χ1v) is 16.4. The van der Waals surface area contributed by atoms with Crippen LogP contribution in [-0.2, 0) is 27.6 Å². The molecule has 3 aromatic rings. The maximum absolute atomic E-state index is 13.0. The van der Waals surface area contributed by atoms with E-state index in [0.29, 0.717) is 24.3 Å². The zero-order valence-electron chi connectivity index (χ0n) is 26.0. The molecule has 0 heterocycles. The topological polar surface area (TPSA) is 113 Å². The van der Waals surface area contributed by atoms with E-state index in [1.54, 1.807) is 11.0 Å². The Bertz CT molecular complexity index is 1480. The van der Waals surface area contributed by atoms with Crippen LogP contribution in [-0.4, -0.2) is 55.4 Å². The lowest BCUT2D eigenvalue weighted by molar-refractivity contribution is 0.0368. The van der Waals surface area contributed by atoms with Gasteiger partial charge in [-0.1, -0.05) is 80.6 Å². The van der Waals surface area contributed by atoms with Crippen LogP contribution in [0.5, 0.6) is 0 Å². The quantitative estimate of drug-likeness (QED) is 0.255. The molecule has 0 bridgehead atoms. The number of benzene rings is 3. The van der Waals surface area contributed by atoms with Crippen LogP contribution in [0.2, 0.25) is 0 Å². The molecule has 0 spiro atoms. The molecule has 0 fully saturated rings. The van der Waals surface area contributed by atoms with Crippen molar-refractivity contribution in [3.8, 4) is 11.1 Å². The number of β-amino-alcohol motifs (C(OH)–C–C–N with tert-alkyl or cyclic N) is 1. The van der Waals surface area contributed by atoms with Crippen molar-refractivity contribution in [2.45, 2.75) is 65.5 Å². The zero-order chi connectivity index (χ0) is 31.8. The van der Waals surface area contributed by atoms with Crippen LogP contribution >= 0.6 is 0 Å². The van der Waals surface area contributed by atoms with Gasteiger partial charge in [0.15, 0.2) is 0 Å². The van der Waals surface area contributed by atoms with Crippen molar-refractivity contribution in [3.63, 3.8) is 0 Å². The lowest BCUT2D eigenvalue weighted by atomic mass is 9.93. The van der Waals surface area contributed by atoms with Gasteiger partial charge >= 0.3 is 6.09 Å². The molecule has 9 heteroatoms. The fourth-order valence-corrected chi connectivity index (χ4v) is 5.09. The van der Waals surface area contributed by atoms with E-state index in [0.717, 1.165) is 40.5 Å². The number of nitrogens with one attached hydrogen (secondary N) is 1. The smallest absolute Gasteiger partial charge is 0.410 e. The first kappa shape index (κ1) is 33.8. The molecule has 3 rings (SSSR count). The Balaban J connectivity index is 1.66. The van der Waals surface area contributed by atoms with Gasteiger partial charge in [-0.25, -0.2) is 17.9 Å². The van der Waals surface area contributed by atoms with Gasteiger partial charge in [0, 0.05) is 17.5 Å². The molecule has 0 unspecified atom stereocenters. The molecular formula is C34H44N2O6S. The van der Waals surface area contributed by atoms with Gasteiger partial charge < -0.3 is 14.7 Å². The first-order chi connectivity index (χ1) is 20.1. The van der Waals surface area contributed by atoms with E-state index in [-0.39, 0.29) is 13.2 Å². The summed E-state index contributed by atoms with van der Waals surface area (Å²) >= 11 is 0. The fourth-order valence-electron chi connectivity index (χ4n) is 4.64. The van der Waals surface area contributed by atoms with E-state index in [1.165, 1.54) is 0 Å². The minimum Gasteiger partial charge on any atom is -0.449 e. The normalized spacial score (nSPS) is 12.6. The molecule has 0 saturated heterocycles. The third-order valence-corrected chi connectivity index (χ3v) is 7.65. The van der Waals surface area contributed by atoms with E-state index < -0.39 is 33.7 Å². The molecule has 0 aliphatic carbocycles. The van der Waals surface area contributed by atoms with Gasteiger partial charge in [0.1, 0.15) is 0 Å². The molecule has 0 aliphatic rings. The molecule has 3 aromatic carbocycles. The molecule has 0 saturated carbocycles. The second-order valence-corrected chi connectivity index (χ2v) is 14.0. The number of ether oxygens (including phenoxy) is 1. The minimum absolute atomic E-state index is 0.120. The number of hydrogen-bond acceptors (Lipinski definition) is 6. The summed E-state index contributed by atoms with van der Waals surface area (Å²) in [5, 5.41) is 10.7. The monoisotopic (exact) mass is 608 g/mol. The summed E-state index contributed by atoms with van der Waals surface area (Å²) in [6.45, 7) is 10.2. The molecule has 0 aromatic heterocycles. The van der Waals surface area contributed by atoms with Crippen LogP contribution in [0.15, 0.2) is 72.8 Å². The van der Waals surface area contributed by atoms with Crippen molar-refractivity contribution < 1.29 is 27.9 Å². The average Bonchev–Trinajstić information content (AvgIpc) is 2.93. The van der Waals surface area contributed by atoms with E-state index in [4.69, 9.17) is 4.74 Å². The number of sulfonamides is 1. The Kier molecular flexibility index (Phi) is 11.5. The Morgan fingerprint density at radius 1 is 0.930 bits per heavy atom. The van der Waals surface area contributed by atoms with Gasteiger partial charge in [-0.05, 0) is 73.4 Å². The highest BCUT2D eigenvalue weighted by Crippen LogP contribution is 2.26. The number of rotatable bonds is 12. The number of aliphatic hydroxyl groups excluding tert-OH is 1. The van der Waals surface area contributed by atoms with Crippen molar-refractivity contribution in [1.29, 1.82) is 0 Å². The van der Waals surface area contributed by atoms with Crippen molar-refractivity contribution >= 4 is 22.0 Å². The van der Waals surface area contributed by atoms with Crippen molar-refractivity contribution in [2.24, 2.45) is 5.92 Å². The van der Waals surface area contributed by atoms with E-state index >= 15 is 0 Å². The third kappa shape index (κ3) is 10.5. The molecule has 1 atom stereocenters. The second-order valence-electron chi connectivity index (χ2n) is 12.3. The lowest BCUT2D eigenvalue weighted by Crippen LogP contribution is -2.48. The fraction of sp³-hybridized carbons (Fsp3) is 0.412. The number of carbonyl (C=O) groups excluding carboxylic acids is 2. The van der Waals surface area contributed by atoms with E-state index in [2.05, 4.69) is 18.6 Å². The predicted octanol–water partition coefficient (Wildman–Crippen LogP) is 6.14. The molecule has 232 valence electrons. The van der Waals surface area contributed by atoms with Gasteiger partial charge in [-0.15, -0.1) is 0 Å². The summed E-state index contributed by atoms with van der Waals surface area (Å²) in [6, 6.07) is 22.6. The highest BCUT2D eigenvalue weighted by Gasteiger charge is 2.30. The number of aryl methyl sites for hydroxylation is 1. The van der Waals surface area contributed by atoms with Gasteiger partial charge in [0.25, 0.3) is 5.91 Å². The molecule has 8 nitrogen and oxygen atoms in total. The van der Waals surface area contributed by atoms with E-state index in [9.17, 15) is 23.1 Å². The van der Waals surface area contributed by atoms with Crippen LogP contribution in [0.1, 0.15) is 74.2 Å². The maximum atomic E-state index is 13.0. The largest absolute Gasteiger partial charge is 0.449 e. The average molecular weight is 609 g/mol. The zero-order valence-corrected chi connectivity index (χ0v) is 26.8. The number of carbonyl (C=O) groups is 2. The van der Waals surface area contributed by atoms with E-state index in [1.807, 2.05) is 87.5 Å². The molecule has 0 radical (unpaired) electrons. The third-order valence-electron chi connectivity index (χ3n) is 7.09. The molecule has 2 amide bonds. The summed E-state index contributed by atoms with van der Waals surface area (Å²) < 4.78 is 30.9. The standard InChI is InChI=1S/C34H44N2O6S/c1-24(2)12-15-29-22-28(18-19-30(29)32(38)35-43(6,40)41)26-16-13-25(14-17-26)20-21-42-33(39)36(34(3,4)5)23-31(37)27-10-8-7-9-11-27/h7-11,13-14,16-19,22,24,31,37H,12,15,20-21,23H2,1-6H3,(H,35,38)/t31-/m0/s1. The first-order valence-electron chi connectivity index (χ1n) is 14.6. The van der Waals surface area contributed by atoms with Gasteiger partial charge in [-0.2, -0.15) is 0 Å². The van der Waals surface area contributed by atoms with Gasteiger partial charge in [-0.3, -0.25) is 4.79 Å². The maximum Gasteiger partial charge on any atom is 0.410 e. The van der Waals surface area contributed by atoms with Gasteiger partial charge in [0.05, 0.1) is 25.5 Å². The highest BCUT2D eigenvalue weighted by atomic mass is 32.2. The summed E-state index contributed by atoms with van der Waals surface area (Å²) in [4.78, 5) is 27.2. The van der Waals surface area contributed by atoms with Crippen molar-refractivity contribution in [1.82, 2.24) is 9.62 Å². The molecule has 43 heavy (non-hydrogen) atoms. The van der Waals surface area contributed by atoms with Gasteiger partial charge in [0.2, 0.25) is 10.0 Å². The summed E-state index contributed by atoms with van der Waals surface area (Å²) in [6.07, 6.45) is 1.69. The van der Waals surface area contributed by atoms with Crippen LogP contribution in [0.3, 0.4) is 0 Å². The Hall–Kier alpha value is -3.69. The summed E-state index contributed by atoms with van der Waals surface area (Å²) in [5.41, 5.74) is 4.22. The number of aliphatic hydroxyl groups is 1. The second kappa shape index (κ2) is 14.7. The Labute approximate surface area is 256 Å². The summed E-state index contributed by atoms with van der Waals surface area (Å²) in [5.74, 6) is -0.204. The predicted molar refractivity (Wildman–Crippen MR) is 170 cm³/mol. The van der Waals surface area contributed by atoms with Crippen molar-refractivity contribution in [2.75, 3.05) is 19.4 Å².